The van der Waals surface area contributed by atoms with Gasteiger partial charge in [-0.3, -0.25) is 4.79 Å². The van der Waals surface area contributed by atoms with E-state index in [1.54, 1.807) is 0 Å². The molecule has 136 valence electrons. The molecule has 0 saturated carbocycles. The Kier molecular flexibility index (Phi) is 4.87. The standard InChI is InChI=1S/C21H26N4O/c1-15-7-5-6-14-25(15)20-17-12-13-22-21(26)19(17)23-18(24-20)11-10-16-8-3-2-4-9-16/h2-4,8-9,15H,5-7,10-14H2,1H3,(H,22,26). The molecular formula is C21H26N4O. The molecular weight excluding hydrogens is 324 g/mol. The summed E-state index contributed by atoms with van der Waals surface area (Å²) < 4.78 is 0. The monoisotopic (exact) mass is 350 g/mol. The lowest BCUT2D eigenvalue weighted by Gasteiger charge is -2.36. The number of nitrogens with zero attached hydrogens (tertiary/aromatic N) is 3. The Morgan fingerprint density at radius 2 is 2.00 bits per heavy atom. The van der Waals surface area contributed by atoms with Crippen LogP contribution < -0.4 is 10.2 Å². The molecule has 0 bridgehead atoms. The van der Waals surface area contributed by atoms with Crippen molar-refractivity contribution in [3.63, 3.8) is 0 Å². The lowest BCUT2D eigenvalue weighted by Crippen LogP contribution is -2.41. The molecule has 1 N–H and O–H groups in total. The molecule has 1 unspecified atom stereocenters. The molecule has 2 aliphatic heterocycles. The summed E-state index contributed by atoms with van der Waals surface area (Å²) in [5, 5.41) is 2.93. The number of hydrogen-bond donors (Lipinski definition) is 1. The van der Waals surface area contributed by atoms with E-state index in [1.807, 2.05) is 6.07 Å². The summed E-state index contributed by atoms with van der Waals surface area (Å²) in [6.07, 6.45) is 6.10. The number of aryl methyl sites for hydroxylation is 2. The minimum atomic E-state index is -0.0551. The minimum Gasteiger partial charge on any atom is -0.354 e. The highest BCUT2D eigenvalue weighted by atomic mass is 16.1. The van der Waals surface area contributed by atoms with E-state index in [9.17, 15) is 4.79 Å². The van der Waals surface area contributed by atoms with Gasteiger partial charge in [0.2, 0.25) is 0 Å². The van der Waals surface area contributed by atoms with Crippen LogP contribution in [0.4, 0.5) is 5.82 Å². The molecule has 4 rings (SSSR count). The SMILES string of the molecule is CC1CCCCN1c1nc(CCc2ccccc2)nc2c1CCNC2=O. The van der Waals surface area contributed by atoms with E-state index in [0.29, 0.717) is 18.3 Å². The molecule has 0 spiro atoms. The van der Waals surface area contributed by atoms with Crippen LogP contribution in [0.5, 0.6) is 0 Å². The topological polar surface area (TPSA) is 58.1 Å². The van der Waals surface area contributed by atoms with Crippen molar-refractivity contribution in [2.75, 3.05) is 18.0 Å². The van der Waals surface area contributed by atoms with Crippen LogP contribution in [-0.2, 0) is 19.3 Å². The Balaban J connectivity index is 1.67. The number of anilines is 1. The highest BCUT2D eigenvalue weighted by Crippen LogP contribution is 2.29. The summed E-state index contributed by atoms with van der Waals surface area (Å²) in [6.45, 7) is 3.96. The number of rotatable bonds is 4. The number of piperidine rings is 1. The van der Waals surface area contributed by atoms with Gasteiger partial charge in [-0.15, -0.1) is 0 Å². The summed E-state index contributed by atoms with van der Waals surface area (Å²) in [6, 6.07) is 10.8. The second-order valence-corrected chi connectivity index (χ2v) is 7.32. The number of aromatic nitrogens is 2. The van der Waals surface area contributed by atoms with Crippen molar-refractivity contribution >= 4 is 11.7 Å². The quantitative estimate of drug-likeness (QED) is 0.921. The van der Waals surface area contributed by atoms with Gasteiger partial charge in [-0.05, 0) is 44.6 Å². The first-order valence-electron chi connectivity index (χ1n) is 9.71. The third-order valence-electron chi connectivity index (χ3n) is 5.46. The van der Waals surface area contributed by atoms with Crippen molar-refractivity contribution in [3.05, 3.63) is 53.0 Å². The van der Waals surface area contributed by atoms with Crippen LogP contribution >= 0.6 is 0 Å². The molecule has 1 aromatic heterocycles. The van der Waals surface area contributed by atoms with Crippen LogP contribution in [0.1, 0.15) is 53.6 Å². The van der Waals surface area contributed by atoms with Crippen molar-refractivity contribution in [3.8, 4) is 0 Å². The van der Waals surface area contributed by atoms with E-state index in [0.717, 1.165) is 43.0 Å². The largest absolute Gasteiger partial charge is 0.354 e. The lowest BCUT2D eigenvalue weighted by molar-refractivity contribution is 0.0940. The van der Waals surface area contributed by atoms with Gasteiger partial charge in [-0.1, -0.05) is 30.3 Å². The van der Waals surface area contributed by atoms with E-state index >= 15 is 0 Å². The molecule has 2 aliphatic rings. The fraction of sp³-hybridized carbons (Fsp3) is 0.476. The number of carbonyl (C=O) groups is 1. The molecule has 1 amide bonds. The summed E-state index contributed by atoms with van der Waals surface area (Å²) >= 11 is 0. The molecule has 1 fully saturated rings. The maximum atomic E-state index is 12.4. The van der Waals surface area contributed by atoms with Gasteiger partial charge in [0.1, 0.15) is 17.3 Å². The van der Waals surface area contributed by atoms with Gasteiger partial charge in [0.25, 0.3) is 5.91 Å². The molecule has 26 heavy (non-hydrogen) atoms. The maximum absolute atomic E-state index is 12.4. The van der Waals surface area contributed by atoms with E-state index < -0.39 is 0 Å². The van der Waals surface area contributed by atoms with E-state index in [2.05, 4.69) is 46.4 Å². The van der Waals surface area contributed by atoms with E-state index in [-0.39, 0.29) is 5.91 Å². The lowest BCUT2D eigenvalue weighted by atomic mass is 10.00. The Morgan fingerprint density at radius 3 is 2.81 bits per heavy atom. The summed E-state index contributed by atoms with van der Waals surface area (Å²) in [5.74, 6) is 1.72. The molecule has 5 nitrogen and oxygen atoms in total. The van der Waals surface area contributed by atoms with Crippen LogP contribution in [-0.4, -0.2) is 35.0 Å². The number of hydrogen-bond acceptors (Lipinski definition) is 4. The van der Waals surface area contributed by atoms with Gasteiger partial charge < -0.3 is 10.2 Å². The molecule has 1 saturated heterocycles. The zero-order valence-corrected chi connectivity index (χ0v) is 15.4. The van der Waals surface area contributed by atoms with Crippen LogP contribution in [0.15, 0.2) is 30.3 Å². The van der Waals surface area contributed by atoms with Gasteiger partial charge in [0, 0.05) is 31.1 Å². The first-order valence-corrected chi connectivity index (χ1v) is 9.71. The summed E-state index contributed by atoms with van der Waals surface area (Å²) in [5.41, 5.74) is 2.89. The highest BCUT2D eigenvalue weighted by molar-refractivity contribution is 5.96. The molecule has 3 heterocycles. The molecule has 2 aromatic rings. The van der Waals surface area contributed by atoms with Crippen molar-refractivity contribution in [2.45, 2.75) is 51.5 Å². The third-order valence-corrected chi connectivity index (χ3v) is 5.46. The average molecular weight is 350 g/mol. The van der Waals surface area contributed by atoms with Gasteiger partial charge in [-0.25, -0.2) is 9.97 Å². The second-order valence-electron chi connectivity index (χ2n) is 7.32. The Hall–Kier alpha value is -2.43. The summed E-state index contributed by atoms with van der Waals surface area (Å²) in [7, 11) is 0. The van der Waals surface area contributed by atoms with E-state index in [1.165, 1.54) is 24.8 Å². The van der Waals surface area contributed by atoms with Gasteiger partial charge in [0.15, 0.2) is 0 Å². The van der Waals surface area contributed by atoms with Gasteiger partial charge >= 0.3 is 0 Å². The van der Waals surface area contributed by atoms with Crippen LogP contribution in [0, 0.1) is 0 Å². The molecule has 0 aliphatic carbocycles. The van der Waals surface area contributed by atoms with Gasteiger partial charge in [-0.2, -0.15) is 0 Å². The number of benzene rings is 1. The maximum Gasteiger partial charge on any atom is 0.270 e. The highest BCUT2D eigenvalue weighted by Gasteiger charge is 2.29. The normalized spacial score (nSPS) is 19.8. The first-order chi connectivity index (χ1) is 12.7. The first kappa shape index (κ1) is 17.0. The zero-order chi connectivity index (χ0) is 17.9. The fourth-order valence-electron chi connectivity index (χ4n) is 3.98. The van der Waals surface area contributed by atoms with Crippen LogP contribution in [0.2, 0.25) is 0 Å². The third kappa shape index (κ3) is 3.43. The van der Waals surface area contributed by atoms with Crippen molar-refractivity contribution in [2.24, 2.45) is 0 Å². The summed E-state index contributed by atoms with van der Waals surface area (Å²) in [4.78, 5) is 24.4. The average Bonchev–Trinajstić information content (AvgIpc) is 2.68. The van der Waals surface area contributed by atoms with Gasteiger partial charge in [0.05, 0.1) is 0 Å². The Labute approximate surface area is 154 Å². The smallest absolute Gasteiger partial charge is 0.270 e. The van der Waals surface area contributed by atoms with Crippen LogP contribution in [0.3, 0.4) is 0 Å². The number of amides is 1. The second kappa shape index (κ2) is 7.44. The molecule has 0 radical (unpaired) electrons. The predicted octanol–water partition coefficient (Wildman–Crippen LogP) is 2.93. The van der Waals surface area contributed by atoms with Crippen molar-refractivity contribution in [1.82, 2.24) is 15.3 Å². The number of nitrogens with one attached hydrogen (secondary N) is 1. The number of fused-ring (bicyclic) bond motifs is 1. The predicted molar refractivity (Wildman–Crippen MR) is 103 cm³/mol. The fourth-order valence-corrected chi connectivity index (χ4v) is 3.98. The van der Waals surface area contributed by atoms with Crippen LogP contribution in [0.25, 0.3) is 0 Å². The minimum absolute atomic E-state index is 0.0551. The molecule has 5 heteroatoms. The van der Waals surface area contributed by atoms with Crippen molar-refractivity contribution in [1.29, 1.82) is 0 Å². The Bertz CT molecular complexity index is 790. The molecule has 1 aromatic carbocycles. The molecule has 1 atom stereocenters. The zero-order valence-electron chi connectivity index (χ0n) is 15.4. The number of carbonyl (C=O) groups excluding carboxylic acids is 1. The Morgan fingerprint density at radius 1 is 1.15 bits per heavy atom. The van der Waals surface area contributed by atoms with Crippen molar-refractivity contribution < 1.29 is 4.79 Å². The van der Waals surface area contributed by atoms with E-state index in [4.69, 9.17) is 4.98 Å².